The highest BCUT2D eigenvalue weighted by Gasteiger charge is 2.32. The number of aryl methyl sites for hydroxylation is 1. The van der Waals surface area contributed by atoms with Gasteiger partial charge in [0.05, 0.1) is 89.6 Å². The number of ether oxygens (including phenoxy) is 8. The number of amides is 2. The Bertz CT molecular complexity index is 2560. The second-order valence-electron chi connectivity index (χ2n) is 18.1. The number of anilines is 3. The number of nitrogens with zero attached hydrogens (tertiary/aromatic N) is 4. The van der Waals surface area contributed by atoms with Crippen molar-refractivity contribution in [1.82, 2.24) is 9.80 Å². The van der Waals surface area contributed by atoms with Crippen LogP contribution in [0.5, 0.6) is 11.5 Å². The van der Waals surface area contributed by atoms with Crippen molar-refractivity contribution in [1.29, 1.82) is 0 Å². The third-order valence-corrected chi connectivity index (χ3v) is 13.1. The Morgan fingerprint density at radius 1 is 0.694 bits per heavy atom. The van der Waals surface area contributed by atoms with Crippen LogP contribution in [0, 0.1) is 6.92 Å². The molecule has 0 unspecified atom stereocenters. The lowest BCUT2D eigenvalue weighted by atomic mass is 9.93. The van der Waals surface area contributed by atoms with Crippen LogP contribution in [-0.2, 0) is 34.8 Å². The highest BCUT2D eigenvalue weighted by atomic mass is 16.5. The molecule has 0 spiro atoms. The summed E-state index contributed by atoms with van der Waals surface area (Å²) in [4.78, 5) is 34.9. The summed E-state index contributed by atoms with van der Waals surface area (Å²) in [5.74, 6) is 1.69. The van der Waals surface area contributed by atoms with Gasteiger partial charge in [0.15, 0.2) is 0 Å². The van der Waals surface area contributed by atoms with E-state index >= 15 is 0 Å². The number of nitrogens with one attached hydrogen (secondary N) is 1. The van der Waals surface area contributed by atoms with Gasteiger partial charge in [-0.1, -0.05) is 48.1 Å². The average Bonchev–Trinajstić information content (AvgIpc) is 3.57. The molecule has 9 rings (SSSR count). The van der Waals surface area contributed by atoms with Gasteiger partial charge in [-0.25, -0.2) is 0 Å². The number of carbonyl (C=O) groups excluding carboxylic acids is 2. The van der Waals surface area contributed by atoms with E-state index in [1.54, 1.807) is 25.3 Å². The first-order valence-corrected chi connectivity index (χ1v) is 25.4. The highest BCUT2D eigenvalue weighted by Crippen LogP contribution is 2.36. The first kappa shape index (κ1) is 52.0. The van der Waals surface area contributed by atoms with Crippen LogP contribution < -0.4 is 24.6 Å². The highest BCUT2D eigenvalue weighted by molar-refractivity contribution is 6.26. The molecule has 4 heterocycles. The van der Waals surface area contributed by atoms with Crippen LogP contribution >= 0.6 is 0 Å². The molecule has 15 heteroatoms. The molecule has 0 radical (unpaired) electrons. The molecule has 4 aromatic rings. The van der Waals surface area contributed by atoms with Gasteiger partial charge in [-0.3, -0.25) is 14.5 Å². The number of imide groups is 1. The molecule has 1 fully saturated rings. The molecule has 1 N–H and O–H groups in total. The average molecular weight is 988 g/mol. The Balaban J connectivity index is 0.00000780. The Morgan fingerprint density at radius 2 is 1.35 bits per heavy atom. The van der Waals surface area contributed by atoms with Crippen LogP contribution in [0.4, 0.5) is 17.1 Å². The van der Waals surface area contributed by atoms with Crippen LogP contribution in [0.2, 0.25) is 0 Å². The summed E-state index contributed by atoms with van der Waals surface area (Å²) in [7, 11) is 1.67. The number of methoxy groups -OCH3 is 1. The van der Waals surface area contributed by atoms with Crippen LogP contribution in [0.1, 0.15) is 46.6 Å². The van der Waals surface area contributed by atoms with Crippen LogP contribution in [-0.4, -0.2) is 160 Å². The maximum atomic E-state index is 13.4. The van der Waals surface area contributed by atoms with Gasteiger partial charge in [-0.2, -0.15) is 0 Å². The monoisotopic (exact) mass is 988 g/mol. The molecule has 72 heavy (non-hydrogen) atoms. The topological polar surface area (TPSA) is 133 Å². The molecule has 386 valence electrons. The summed E-state index contributed by atoms with van der Waals surface area (Å²) in [5, 5.41) is 5.10. The normalized spacial score (nSPS) is 18.1. The standard InChI is InChI=1S/C57H71N5O10.H2/c1-5-20-62-56(63)46-10-7-9-45-48(15-14-47(55(45)46)57(62)64)58-19-18-44-13-17-51(54(41-44)72-38-33-65-4)61-25-31-70-52-39-42(2)8-6-11-49(52)59-21-27-66-34-36-68-29-23-60(24-30-69-37-35-67-28-22-59)50-16-12-43(3)40-53(50)71-32-26-61;/h5,7-17,39-41,58H,1,6,18-38H2,2-4H3;1H. The van der Waals surface area contributed by atoms with E-state index in [0.717, 1.165) is 68.5 Å². The number of hydrogen-bond acceptors (Lipinski definition) is 14. The van der Waals surface area contributed by atoms with Crippen molar-refractivity contribution < 1.29 is 48.9 Å². The van der Waals surface area contributed by atoms with Crippen LogP contribution in [0.3, 0.4) is 0 Å². The molecule has 0 aromatic heterocycles. The molecular formula is C57H73N5O10. The molecule has 4 aromatic carbocycles. The number of rotatable bonds is 11. The summed E-state index contributed by atoms with van der Waals surface area (Å²) in [5.41, 5.74) is 8.07. The summed E-state index contributed by atoms with van der Waals surface area (Å²) in [6, 6.07) is 22.0. The Labute approximate surface area is 426 Å². The lowest BCUT2D eigenvalue weighted by molar-refractivity contribution is 0.0265. The molecule has 4 aliphatic heterocycles. The fourth-order valence-electron chi connectivity index (χ4n) is 9.39. The van der Waals surface area contributed by atoms with Crippen LogP contribution in [0.25, 0.3) is 10.8 Å². The van der Waals surface area contributed by atoms with E-state index in [1.165, 1.54) is 4.90 Å². The van der Waals surface area contributed by atoms with E-state index in [4.69, 9.17) is 37.9 Å². The largest absolute Gasteiger partial charge is 0.490 e. The fraction of sp³-hybridized carbons (Fsp3) is 0.439. The van der Waals surface area contributed by atoms with E-state index in [2.05, 4.69) is 95.1 Å². The van der Waals surface area contributed by atoms with Gasteiger partial charge in [0.2, 0.25) is 0 Å². The number of hydrogen-bond donors (Lipinski definition) is 1. The van der Waals surface area contributed by atoms with E-state index in [1.807, 2.05) is 18.2 Å². The maximum absolute atomic E-state index is 13.4. The van der Waals surface area contributed by atoms with E-state index in [-0.39, 0.29) is 19.8 Å². The Kier molecular flexibility index (Phi) is 19.0. The molecule has 5 aliphatic rings. The smallest absolute Gasteiger partial charge is 0.261 e. The minimum absolute atomic E-state index is 0. The van der Waals surface area contributed by atoms with E-state index in [0.29, 0.717) is 148 Å². The summed E-state index contributed by atoms with van der Waals surface area (Å²) < 4.78 is 50.2. The molecule has 0 atom stereocenters. The van der Waals surface area contributed by atoms with Gasteiger partial charge in [-0.05, 0) is 86.4 Å². The lowest BCUT2D eigenvalue weighted by Gasteiger charge is -2.30. The lowest BCUT2D eigenvalue weighted by Crippen LogP contribution is -2.40. The van der Waals surface area contributed by atoms with Crippen molar-refractivity contribution in [3.05, 3.63) is 137 Å². The molecule has 1 saturated heterocycles. The second-order valence-corrected chi connectivity index (χ2v) is 18.1. The fourth-order valence-corrected chi connectivity index (χ4v) is 9.39. The van der Waals surface area contributed by atoms with E-state index < -0.39 is 0 Å². The summed E-state index contributed by atoms with van der Waals surface area (Å²) in [6.45, 7) is 18.0. The molecular weight excluding hydrogens is 915 g/mol. The Hall–Kier alpha value is -6.36. The summed E-state index contributed by atoms with van der Waals surface area (Å²) in [6.07, 6.45) is 9.59. The third-order valence-electron chi connectivity index (χ3n) is 13.1. The minimum Gasteiger partial charge on any atom is -0.490 e. The van der Waals surface area contributed by atoms with E-state index in [9.17, 15) is 9.59 Å². The number of carbonyl (C=O) groups is 2. The zero-order chi connectivity index (χ0) is 50.1. The molecule has 15 nitrogen and oxygen atoms in total. The van der Waals surface area contributed by atoms with Crippen molar-refractivity contribution in [2.75, 3.05) is 154 Å². The summed E-state index contributed by atoms with van der Waals surface area (Å²) >= 11 is 0. The Morgan fingerprint density at radius 3 is 2.06 bits per heavy atom. The van der Waals surface area contributed by atoms with Gasteiger partial charge in [0.1, 0.15) is 37.1 Å². The second kappa shape index (κ2) is 26.4. The van der Waals surface area contributed by atoms with Gasteiger partial charge in [0.25, 0.3) is 11.8 Å². The SMILES string of the molecule is C=CCN1C(=O)c2cccc3c(NCCc4ccc(N5CCOC6=CC(C)=CCC=C6N6CCOCCOCCN(CCOCCOCC6)c6ccc(C)cc6OCC5)c(OCCOC)c4)ccc(c23)C1=O.[HH]. The predicted molar refractivity (Wildman–Crippen MR) is 284 cm³/mol. The molecule has 0 saturated carbocycles. The molecule has 2 bridgehead atoms. The zero-order valence-corrected chi connectivity index (χ0v) is 42.3. The quantitative estimate of drug-likeness (QED) is 0.0672. The van der Waals surface area contributed by atoms with Crippen molar-refractivity contribution in [3.8, 4) is 11.5 Å². The number of allylic oxidation sites excluding steroid dienone is 4. The number of fused-ring (bicyclic) bond motifs is 20. The molecule has 2 amide bonds. The van der Waals surface area contributed by atoms with Crippen molar-refractivity contribution in [2.24, 2.45) is 0 Å². The van der Waals surface area contributed by atoms with Gasteiger partial charge >= 0.3 is 0 Å². The number of benzene rings is 4. The predicted octanol–water partition coefficient (Wildman–Crippen LogP) is 8.08. The van der Waals surface area contributed by atoms with Gasteiger partial charge in [-0.15, -0.1) is 6.58 Å². The first-order valence-electron chi connectivity index (χ1n) is 25.4. The van der Waals surface area contributed by atoms with Crippen molar-refractivity contribution in [2.45, 2.75) is 26.7 Å². The van der Waals surface area contributed by atoms with Gasteiger partial charge in [0, 0.05) is 75.4 Å². The maximum Gasteiger partial charge on any atom is 0.261 e. The van der Waals surface area contributed by atoms with Crippen LogP contribution in [0.15, 0.2) is 115 Å². The molecule has 1 aliphatic carbocycles. The van der Waals surface area contributed by atoms with Crippen molar-refractivity contribution >= 4 is 39.6 Å². The minimum atomic E-state index is -0.312. The zero-order valence-electron chi connectivity index (χ0n) is 42.3. The van der Waals surface area contributed by atoms with Gasteiger partial charge < -0.3 is 57.9 Å². The van der Waals surface area contributed by atoms with Crippen molar-refractivity contribution in [3.63, 3.8) is 0 Å². The first-order chi connectivity index (χ1) is 35.3. The third kappa shape index (κ3) is 13.4.